The van der Waals surface area contributed by atoms with Crippen LogP contribution in [-0.4, -0.2) is 74.9 Å². The molecule has 0 N–H and O–H groups in total. The van der Waals surface area contributed by atoms with Crippen LogP contribution in [0.25, 0.3) is 0 Å². The van der Waals surface area contributed by atoms with Crippen LogP contribution in [0, 0.1) is 28.1 Å². The number of methoxy groups -OCH3 is 1. The molecule has 0 aliphatic heterocycles. The molecule has 0 rings (SSSR count). The Morgan fingerprint density at radius 2 is 1.35 bits per heavy atom. The summed E-state index contributed by atoms with van der Waals surface area (Å²) >= 11 is 0. The summed E-state index contributed by atoms with van der Waals surface area (Å²) < 4.78 is 29.7. The van der Waals surface area contributed by atoms with Crippen molar-refractivity contribution in [3.8, 4) is 0 Å². The number of carbonyl (C=O) groups excluding carboxylic acids is 4. The first-order valence-electron chi connectivity index (χ1n) is 19.6. The van der Waals surface area contributed by atoms with Crippen LogP contribution in [0.3, 0.4) is 0 Å². The molecule has 0 radical (unpaired) electrons. The van der Waals surface area contributed by atoms with E-state index >= 15 is 0 Å². The van der Waals surface area contributed by atoms with Crippen LogP contribution in [-0.2, 0) is 42.2 Å². The molecule has 302 valence electrons. The second-order valence-corrected chi connectivity index (χ2v) is 26.4. The van der Waals surface area contributed by atoms with Crippen molar-refractivity contribution >= 4 is 41.3 Å². The van der Waals surface area contributed by atoms with Gasteiger partial charge in [-0.05, 0) is 116 Å². The van der Waals surface area contributed by atoms with Gasteiger partial charge >= 0.3 is 17.9 Å². The summed E-state index contributed by atoms with van der Waals surface area (Å²) in [5.74, 6) is -0.927. The molecule has 0 bridgehead atoms. The Kier molecular flexibility index (Phi) is 25.7. The predicted octanol–water partition coefficient (Wildman–Crippen LogP) is 10.2. The third kappa shape index (κ3) is 22.3. The van der Waals surface area contributed by atoms with Gasteiger partial charge < -0.3 is 27.9 Å². The summed E-state index contributed by atoms with van der Waals surface area (Å²) in [6, 6.07) is 0.920. The molecule has 51 heavy (non-hydrogen) atoms. The lowest BCUT2D eigenvalue weighted by molar-refractivity contribution is -0.160. The standard InChI is InChI=1S/C39H78O8Si2.CH2O/c1-15-19-22-32(17-3)23-26-45-34(40)33(28-37(5,6)35(41)46-25-21-27-49(13,14)47-48(10,11)12)29-38(7,31-44-24-20-16-2)30-39(8,18-4)36(42)43-9;1-2/h32-33H,15-31H2,1-14H3;1H2. The first-order chi connectivity index (χ1) is 23.6. The Hall–Kier alpha value is -1.57. The quantitative estimate of drug-likeness (QED) is 0.0333. The average Bonchev–Trinajstić information content (AvgIpc) is 3.05. The van der Waals surface area contributed by atoms with Crippen LogP contribution in [0.5, 0.6) is 0 Å². The zero-order valence-corrected chi connectivity index (χ0v) is 37.6. The molecule has 0 aromatic carbocycles. The number of rotatable bonds is 28. The van der Waals surface area contributed by atoms with Crippen LogP contribution >= 0.6 is 0 Å². The highest BCUT2D eigenvalue weighted by atomic mass is 28.4. The molecule has 0 aliphatic rings. The summed E-state index contributed by atoms with van der Waals surface area (Å²) in [7, 11) is -2.06. The molecule has 0 aromatic rings. The Labute approximate surface area is 315 Å². The van der Waals surface area contributed by atoms with Gasteiger partial charge in [0, 0.05) is 6.61 Å². The lowest BCUT2D eigenvalue weighted by Gasteiger charge is -2.40. The molecule has 0 heterocycles. The lowest BCUT2D eigenvalue weighted by atomic mass is 9.66. The molecule has 0 amide bonds. The highest BCUT2D eigenvalue weighted by Crippen LogP contribution is 2.44. The van der Waals surface area contributed by atoms with Gasteiger partial charge in [0.2, 0.25) is 0 Å². The number of unbranched alkanes of at least 4 members (excludes halogenated alkanes) is 2. The van der Waals surface area contributed by atoms with E-state index in [9.17, 15) is 14.4 Å². The molecule has 0 aromatic heterocycles. The van der Waals surface area contributed by atoms with E-state index in [0.29, 0.717) is 51.6 Å². The summed E-state index contributed by atoms with van der Waals surface area (Å²) in [5, 5.41) is 0. The van der Waals surface area contributed by atoms with E-state index < -0.39 is 38.8 Å². The SMILES string of the molecule is C=O.CCCCOCC(C)(CC(CC(C)(C)C(=O)OCCC[Si](C)(C)O[Si](C)(C)C)C(=O)OCCC(CC)CCCC)CC(C)(CC)C(=O)OC. The molecule has 4 unspecified atom stereocenters. The number of carbonyl (C=O) groups is 4. The minimum absolute atomic E-state index is 0.267. The van der Waals surface area contributed by atoms with E-state index in [-0.39, 0.29) is 24.3 Å². The van der Waals surface area contributed by atoms with Crippen LogP contribution in [0.15, 0.2) is 0 Å². The van der Waals surface area contributed by atoms with Crippen LogP contribution < -0.4 is 0 Å². The van der Waals surface area contributed by atoms with Crippen molar-refractivity contribution in [1.82, 2.24) is 0 Å². The van der Waals surface area contributed by atoms with E-state index in [0.717, 1.165) is 51.0 Å². The molecule has 0 aliphatic carbocycles. The molecule has 4 atom stereocenters. The smallest absolute Gasteiger partial charge is 0.311 e. The van der Waals surface area contributed by atoms with E-state index in [1.54, 1.807) is 0 Å². The van der Waals surface area contributed by atoms with E-state index in [4.69, 9.17) is 27.9 Å². The first-order valence-corrected chi connectivity index (χ1v) is 26.1. The Bertz CT molecular complexity index is 981. The van der Waals surface area contributed by atoms with Crippen LogP contribution in [0.4, 0.5) is 0 Å². The maximum atomic E-state index is 14.0. The van der Waals surface area contributed by atoms with E-state index in [2.05, 4.69) is 60.4 Å². The van der Waals surface area contributed by atoms with Gasteiger partial charge in [-0.3, -0.25) is 14.4 Å². The minimum atomic E-state index is -1.84. The maximum absolute atomic E-state index is 14.0. The van der Waals surface area contributed by atoms with Crippen LogP contribution in [0.2, 0.25) is 38.8 Å². The van der Waals surface area contributed by atoms with Crippen molar-refractivity contribution in [1.29, 1.82) is 0 Å². The molecular weight excluding hydrogens is 681 g/mol. The largest absolute Gasteiger partial charge is 0.469 e. The van der Waals surface area contributed by atoms with Crippen LogP contribution in [0.1, 0.15) is 132 Å². The number of ether oxygens (including phenoxy) is 4. The van der Waals surface area contributed by atoms with Gasteiger partial charge in [-0.25, -0.2) is 0 Å². The monoisotopic (exact) mass is 761 g/mol. The number of hydrogen-bond donors (Lipinski definition) is 0. The summed E-state index contributed by atoms with van der Waals surface area (Å²) in [6.07, 6.45) is 9.81. The molecule has 9 nitrogen and oxygen atoms in total. The second kappa shape index (κ2) is 25.5. The summed E-state index contributed by atoms with van der Waals surface area (Å²) in [5.41, 5.74) is -2.21. The molecular formula is C40H80O9Si2. The fourth-order valence-electron chi connectivity index (χ4n) is 7.04. The third-order valence-corrected chi connectivity index (χ3v) is 16.0. The first kappa shape index (κ1) is 51.5. The third-order valence-electron chi connectivity index (χ3n) is 9.80. The van der Waals surface area contributed by atoms with Gasteiger partial charge in [0.1, 0.15) is 6.79 Å². The minimum Gasteiger partial charge on any atom is -0.469 e. The van der Waals surface area contributed by atoms with E-state index in [1.807, 2.05) is 34.5 Å². The summed E-state index contributed by atoms with van der Waals surface area (Å²) in [4.78, 5) is 48.5. The number of esters is 3. The van der Waals surface area contributed by atoms with Gasteiger partial charge in [-0.15, -0.1) is 0 Å². The molecule has 0 spiro atoms. The zero-order chi connectivity index (χ0) is 39.9. The van der Waals surface area contributed by atoms with Crippen molar-refractivity contribution in [2.45, 2.75) is 171 Å². The van der Waals surface area contributed by atoms with E-state index in [1.165, 1.54) is 13.5 Å². The van der Waals surface area contributed by atoms with Crippen molar-refractivity contribution in [2.75, 3.05) is 33.5 Å². The van der Waals surface area contributed by atoms with Crippen molar-refractivity contribution in [3.05, 3.63) is 0 Å². The van der Waals surface area contributed by atoms with Gasteiger partial charge in [0.05, 0.1) is 43.7 Å². The number of hydrogen-bond acceptors (Lipinski definition) is 9. The van der Waals surface area contributed by atoms with Crippen molar-refractivity contribution in [2.24, 2.45) is 28.1 Å². The van der Waals surface area contributed by atoms with Gasteiger partial charge in [0.15, 0.2) is 16.6 Å². The highest BCUT2D eigenvalue weighted by Gasteiger charge is 2.45. The average molecular weight is 761 g/mol. The molecule has 0 saturated heterocycles. The second-order valence-electron chi connectivity index (χ2n) is 17.4. The van der Waals surface area contributed by atoms with Gasteiger partial charge in [-0.2, -0.15) is 0 Å². The summed E-state index contributed by atoms with van der Waals surface area (Å²) in [6.45, 7) is 31.0. The normalized spacial score (nSPS) is 15.7. The molecule has 0 saturated carbocycles. The van der Waals surface area contributed by atoms with Gasteiger partial charge in [-0.1, -0.05) is 66.7 Å². The van der Waals surface area contributed by atoms with Crippen molar-refractivity contribution < 1.29 is 42.2 Å². The topological polar surface area (TPSA) is 114 Å². The Morgan fingerprint density at radius 3 is 1.86 bits per heavy atom. The highest BCUT2D eigenvalue weighted by molar-refractivity contribution is 6.84. The zero-order valence-electron chi connectivity index (χ0n) is 35.6. The van der Waals surface area contributed by atoms with Gasteiger partial charge in [0.25, 0.3) is 0 Å². The lowest BCUT2D eigenvalue weighted by Crippen LogP contribution is -2.42. The fraction of sp³-hybridized carbons (Fsp3) is 0.900. The molecule has 11 heteroatoms. The Morgan fingerprint density at radius 1 is 0.745 bits per heavy atom. The Balaban J connectivity index is 0. The predicted molar refractivity (Wildman–Crippen MR) is 214 cm³/mol. The fourth-order valence-corrected chi connectivity index (χ4v) is 15.1. The maximum Gasteiger partial charge on any atom is 0.311 e. The molecule has 0 fully saturated rings. The van der Waals surface area contributed by atoms with Crippen molar-refractivity contribution in [3.63, 3.8) is 0 Å².